The van der Waals surface area contributed by atoms with Gasteiger partial charge in [0.15, 0.2) is 0 Å². The van der Waals surface area contributed by atoms with Crippen molar-refractivity contribution < 1.29 is 17.9 Å². The van der Waals surface area contributed by atoms with Gasteiger partial charge in [0.05, 0.1) is 5.56 Å². The van der Waals surface area contributed by atoms with Gasteiger partial charge >= 0.3 is 6.18 Å². The van der Waals surface area contributed by atoms with Crippen LogP contribution in [0.1, 0.15) is 30.6 Å². The Bertz CT molecular complexity index is 579. The van der Waals surface area contributed by atoms with Gasteiger partial charge in [-0.15, -0.1) is 0 Å². The Morgan fingerprint density at radius 3 is 2.09 bits per heavy atom. The summed E-state index contributed by atoms with van der Waals surface area (Å²) in [5.74, 6) is 0.391. The number of hydrogen-bond donors (Lipinski definition) is 1. The van der Waals surface area contributed by atoms with Gasteiger partial charge in [-0.1, -0.05) is 30.3 Å². The molecule has 2 N–H and O–H groups in total. The molecule has 5 heteroatoms. The summed E-state index contributed by atoms with van der Waals surface area (Å²) in [6.45, 7) is 1.87. The average Bonchev–Trinajstić information content (AvgIpc) is 2.47. The van der Waals surface area contributed by atoms with Gasteiger partial charge in [0, 0.05) is 12.5 Å². The quantitative estimate of drug-likeness (QED) is 0.878. The molecule has 0 amide bonds. The van der Waals surface area contributed by atoms with Crippen LogP contribution < -0.4 is 10.5 Å². The van der Waals surface area contributed by atoms with E-state index >= 15 is 0 Å². The van der Waals surface area contributed by atoms with Gasteiger partial charge in [-0.3, -0.25) is 0 Å². The van der Waals surface area contributed by atoms with Gasteiger partial charge in [0.1, 0.15) is 11.9 Å². The maximum absolute atomic E-state index is 12.6. The molecular weight excluding hydrogens is 291 g/mol. The van der Waals surface area contributed by atoms with Crippen LogP contribution in [0.5, 0.6) is 5.75 Å². The lowest BCUT2D eigenvalue weighted by molar-refractivity contribution is -0.137. The molecule has 0 aliphatic heterocycles. The van der Waals surface area contributed by atoms with Crippen LogP contribution in [0.4, 0.5) is 13.2 Å². The Kier molecular flexibility index (Phi) is 5.08. The van der Waals surface area contributed by atoms with E-state index in [1.165, 1.54) is 12.1 Å². The molecule has 118 valence electrons. The number of alkyl halides is 3. The molecule has 22 heavy (non-hydrogen) atoms. The summed E-state index contributed by atoms with van der Waals surface area (Å²) in [6, 6.07) is 14.1. The second kappa shape index (κ2) is 6.83. The molecule has 0 fully saturated rings. The van der Waals surface area contributed by atoms with Crippen LogP contribution in [0.3, 0.4) is 0 Å². The van der Waals surface area contributed by atoms with Gasteiger partial charge in [-0.25, -0.2) is 0 Å². The predicted molar refractivity (Wildman–Crippen MR) is 79.5 cm³/mol. The molecular formula is C17H18F3NO. The Morgan fingerprint density at radius 2 is 1.59 bits per heavy atom. The third kappa shape index (κ3) is 4.49. The fourth-order valence-electron chi connectivity index (χ4n) is 2.14. The van der Waals surface area contributed by atoms with Crippen molar-refractivity contribution in [2.24, 2.45) is 5.73 Å². The highest BCUT2D eigenvalue weighted by Crippen LogP contribution is 2.32. The average molecular weight is 309 g/mol. The van der Waals surface area contributed by atoms with Gasteiger partial charge < -0.3 is 10.5 Å². The standard InChI is InChI=1S/C17H18F3NO/c1-12(21)11-16(13-5-3-2-4-6-13)22-15-9-7-14(8-10-15)17(18,19)20/h2-10,12,16H,11,21H2,1H3/t12-,16-/m1/s1. The van der Waals surface area contributed by atoms with E-state index in [9.17, 15) is 13.2 Å². The van der Waals surface area contributed by atoms with E-state index in [1.54, 1.807) is 0 Å². The number of rotatable bonds is 5. The number of ether oxygens (including phenoxy) is 1. The van der Waals surface area contributed by atoms with Gasteiger partial charge in [-0.05, 0) is 36.8 Å². The fraction of sp³-hybridized carbons (Fsp3) is 0.294. The lowest BCUT2D eigenvalue weighted by Crippen LogP contribution is -2.21. The predicted octanol–water partition coefficient (Wildman–Crippen LogP) is 4.56. The van der Waals surface area contributed by atoms with Crippen molar-refractivity contribution in [1.29, 1.82) is 0 Å². The van der Waals surface area contributed by atoms with Crippen LogP contribution in [0.15, 0.2) is 54.6 Å². The molecule has 0 saturated heterocycles. The zero-order valence-corrected chi connectivity index (χ0v) is 12.2. The summed E-state index contributed by atoms with van der Waals surface area (Å²) >= 11 is 0. The summed E-state index contributed by atoms with van der Waals surface area (Å²) in [4.78, 5) is 0. The highest BCUT2D eigenvalue weighted by molar-refractivity contribution is 5.30. The van der Waals surface area contributed by atoms with Crippen molar-refractivity contribution in [2.45, 2.75) is 31.7 Å². The summed E-state index contributed by atoms with van der Waals surface area (Å²) in [5, 5.41) is 0. The molecule has 0 aromatic heterocycles. The van der Waals surface area contributed by atoms with Crippen LogP contribution in [0.25, 0.3) is 0 Å². The zero-order valence-electron chi connectivity index (χ0n) is 12.2. The van der Waals surface area contributed by atoms with E-state index in [4.69, 9.17) is 10.5 Å². The van der Waals surface area contributed by atoms with E-state index in [-0.39, 0.29) is 12.1 Å². The SMILES string of the molecule is C[C@@H](N)C[C@@H](Oc1ccc(C(F)(F)F)cc1)c1ccccc1. The molecule has 2 aromatic carbocycles. The normalized spacial score (nSPS) is 14.4. The fourth-order valence-corrected chi connectivity index (χ4v) is 2.14. The Morgan fingerprint density at radius 1 is 1.00 bits per heavy atom. The second-order valence-electron chi connectivity index (χ2n) is 5.25. The maximum atomic E-state index is 12.6. The third-order valence-electron chi connectivity index (χ3n) is 3.22. The van der Waals surface area contributed by atoms with Gasteiger partial charge in [0.2, 0.25) is 0 Å². The van der Waals surface area contributed by atoms with E-state index < -0.39 is 11.7 Å². The van der Waals surface area contributed by atoms with Crippen molar-refractivity contribution >= 4 is 0 Å². The van der Waals surface area contributed by atoms with E-state index in [2.05, 4.69) is 0 Å². The molecule has 0 aliphatic carbocycles. The Labute approximate surface area is 127 Å². The van der Waals surface area contributed by atoms with E-state index in [1.807, 2.05) is 37.3 Å². The molecule has 0 spiro atoms. The summed E-state index contributed by atoms with van der Waals surface area (Å²) in [7, 11) is 0. The minimum Gasteiger partial charge on any atom is -0.486 e. The van der Waals surface area contributed by atoms with Crippen LogP contribution in [0, 0.1) is 0 Å². The lowest BCUT2D eigenvalue weighted by Gasteiger charge is -2.21. The summed E-state index contributed by atoms with van der Waals surface area (Å²) < 4.78 is 43.5. The van der Waals surface area contributed by atoms with Crippen LogP contribution in [0.2, 0.25) is 0 Å². The maximum Gasteiger partial charge on any atom is 0.416 e. The monoisotopic (exact) mass is 309 g/mol. The van der Waals surface area contributed by atoms with Crippen molar-refractivity contribution in [3.8, 4) is 5.75 Å². The molecule has 2 atom stereocenters. The number of benzene rings is 2. The first-order valence-electron chi connectivity index (χ1n) is 7.00. The largest absolute Gasteiger partial charge is 0.486 e. The zero-order chi connectivity index (χ0) is 16.2. The molecule has 0 aliphatic rings. The number of hydrogen-bond acceptors (Lipinski definition) is 2. The second-order valence-corrected chi connectivity index (χ2v) is 5.25. The molecule has 0 saturated carbocycles. The number of halogens is 3. The van der Waals surface area contributed by atoms with Gasteiger partial charge in [0.25, 0.3) is 0 Å². The van der Waals surface area contributed by atoms with E-state index in [0.717, 1.165) is 17.7 Å². The minimum atomic E-state index is -4.34. The van der Waals surface area contributed by atoms with Gasteiger partial charge in [-0.2, -0.15) is 13.2 Å². The van der Waals surface area contributed by atoms with Crippen molar-refractivity contribution in [3.63, 3.8) is 0 Å². The van der Waals surface area contributed by atoms with Crippen molar-refractivity contribution in [1.82, 2.24) is 0 Å². The molecule has 0 bridgehead atoms. The lowest BCUT2D eigenvalue weighted by atomic mass is 10.0. The minimum absolute atomic E-state index is 0.0837. The smallest absolute Gasteiger partial charge is 0.416 e. The van der Waals surface area contributed by atoms with Crippen LogP contribution in [-0.4, -0.2) is 6.04 Å². The molecule has 0 radical (unpaired) electrons. The molecule has 2 aromatic rings. The Balaban J connectivity index is 2.17. The molecule has 2 nitrogen and oxygen atoms in total. The highest BCUT2D eigenvalue weighted by atomic mass is 19.4. The first-order valence-corrected chi connectivity index (χ1v) is 7.00. The number of nitrogens with two attached hydrogens (primary N) is 1. The Hall–Kier alpha value is -2.01. The van der Waals surface area contributed by atoms with E-state index in [0.29, 0.717) is 12.2 Å². The molecule has 0 unspecified atom stereocenters. The van der Waals surface area contributed by atoms with Crippen LogP contribution in [-0.2, 0) is 6.18 Å². The topological polar surface area (TPSA) is 35.2 Å². The molecule has 0 heterocycles. The summed E-state index contributed by atoms with van der Waals surface area (Å²) in [5.41, 5.74) is 6.09. The third-order valence-corrected chi connectivity index (χ3v) is 3.22. The van der Waals surface area contributed by atoms with Crippen molar-refractivity contribution in [3.05, 3.63) is 65.7 Å². The highest BCUT2D eigenvalue weighted by Gasteiger charge is 2.30. The first-order chi connectivity index (χ1) is 10.4. The first kappa shape index (κ1) is 16.4. The summed E-state index contributed by atoms with van der Waals surface area (Å²) in [6.07, 6.45) is -4.06. The molecule has 2 rings (SSSR count). The van der Waals surface area contributed by atoms with Crippen molar-refractivity contribution in [2.75, 3.05) is 0 Å². The van der Waals surface area contributed by atoms with Crippen LogP contribution >= 0.6 is 0 Å².